The quantitative estimate of drug-likeness (QED) is 0.640. The summed E-state index contributed by atoms with van der Waals surface area (Å²) < 4.78 is 13.8. The summed E-state index contributed by atoms with van der Waals surface area (Å²) in [6.07, 6.45) is 1.78. The van der Waals surface area contributed by atoms with Gasteiger partial charge in [-0.15, -0.1) is 0 Å². The maximum atomic E-state index is 14.2. The van der Waals surface area contributed by atoms with Gasteiger partial charge in [-0.1, -0.05) is 50.2 Å². The Morgan fingerprint density at radius 3 is 2.17 bits per heavy atom. The predicted octanol–water partition coefficient (Wildman–Crippen LogP) is 3.94. The van der Waals surface area contributed by atoms with E-state index < -0.39 is 29.5 Å². The second kappa shape index (κ2) is 10.0. The number of nitrogens with zero attached hydrogens (tertiary/aromatic N) is 1. The van der Waals surface area contributed by atoms with E-state index in [9.17, 15) is 18.8 Å². The van der Waals surface area contributed by atoms with Gasteiger partial charge in [0.05, 0.1) is 0 Å². The predicted molar refractivity (Wildman–Crippen MR) is 136 cm³/mol. The summed E-state index contributed by atoms with van der Waals surface area (Å²) in [6, 6.07) is 11.1. The van der Waals surface area contributed by atoms with Crippen molar-refractivity contribution in [2.45, 2.75) is 77.5 Å². The monoisotopic (exact) mass is 493 g/mol. The van der Waals surface area contributed by atoms with Crippen LogP contribution in [-0.2, 0) is 27.2 Å². The lowest BCUT2D eigenvalue weighted by atomic mass is 9.87. The van der Waals surface area contributed by atoms with Crippen LogP contribution in [0.2, 0.25) is 0 Å². The summed E-state index contributed by atoms with van der Waals surface area (Å²) in [4.78, 5) is 42.9. The van der Waals surface area contributed by atoms with Gasteiger partial charge in [-0.05, 0) is 80.7 Å². The molecule has 1 aliphatic carbocycles. The molecule has 1 aliphatic heterocycles. The number of rotatable bonds is 6. The minimum atomic E-state index is -1.06. The topological polar surface area (TPSA) is 78.5 Å². The average molecular weight is 494 g/mol. The van der Waals surface area contributed by atoms with Crippen LogP contribution >= 0.6 is 0 Å². The van der Waals surface area contributed by atoms with Gasteiger partial charge in [-0.3, -0.25) is 14.4 Å². The van der Waals surface area contributed by atoms with Gasteiger partial charge in [0.2, 0.25) is 17.7 Å². The molecule has 1 fully saturated rings. The lowest BCUT2D eigenvalue weighted by Gasteiger charge is -2.45. The van der Waals surface area contributed by atoms with Crippen LogP contribution in [0.5, 0.6) is 0 Å². The van der Waals surface area contributed by atoms with Crippen LogP contribution in [0, 0.1) is 17.7 Å². The highest BCUT2D eigenvalue weighted by atomic mass is 19.1. The van der Waals surface area contributed by atoms with Gasteiger partial charge in [0.25, 0.3) is 0 Å². The van der Waals surface area contributed by atoms with Crippen molar-refractivity contribution in [3.8, 4) is 0 Å². The molecule has 6 nitrogen and oxygen atoms in total. The average Bonchev–Trinajstić information content (AvgIpc) is 3.22. The molecular weight excluding hydrogens is 457 g/mol. The first kappa shape index (κ1) is 25.9. The van der Waals surface area contributed by atoms with Gasteiger partial charge in [0, 0.05) is 5.54 Å². The smallest absolute Gasteiger partial charge is 0.247 e. The van der Waals surface area contributed by atoms with E-state index in [1.54, 1.807) is 0 Å². The molecule has 0 bridgehead atoms. The third-order valence-corrected chi connectivity index (χ3v) is 6.92. The lowest BCUT2D eigenvalue weighted by molar-refractivity contribution is -0.158. The van der Waals surface area contributed by atoms with Crippen molar-refractivity contribution in [3.63, 3.8) is 0 Å². The molecule has 7 heteroatoms. The van der Waals surface area contributed by atoms with Crippen LogP contribution in [0.4, 0.5) is 4.39 Å². The summed E-state index contributed by atoms with van der Waals surface area (Å²) in [6.45, 7) is 9.56. The Balaban J connectivity index is 1.76. The maximum absolute atomic E-state index is 14.2. The molecule has 3 amide bonds. The second-order valence-corrected chi connectivity index (χ2v) is 11.5. The first-order chi connectivity index (χ1) is 16.9. The molecular formula is C29H36FN3O3. The van der Waals surface area contributed by atoms with Gasteiger partial charge in [0.1, 0.15) is 23.9 Å². The normalized spacial score (nSPS) is 21.4. The Hall–Kier alpha value is -3.22. The highest BCUT2D eigenvalue weighted by Gasteiger charge is 2.49. The SMILES string of the molecule is CC(C)CC1C(=O)NC(C2Cc3ccccc3C2)C(=O)N1C(C(=O)NC(C)(C)C)c1ccc(F)cc1. The number of benzene rings is 2. The molecule has 0 radical (unpaired) electrons. The minimum Gasteiger partial charge on any atom is -0.349 e. The van der Waals surface area contributed by atoms with Crippen LogP contribution in [0.1, 0.15) is 63.8 Å². The largest absolute Gasteiger partial charge is 0.349 e. The molecule has 1 heterocycles. The van der Waals surface area contributed by atoms with Gasteiger partial charge in [-0.2, -0.15) is 0 Å². The number of halogens is 1. The zero-order valence-corrected chi connectivity index (χ0v) is 21.7. The van der Waals surface area contributed by atoms with E-state index in [-0.39, 0.29) is 29.6 Å². The molecule has 36 heavy (non-hydrogen) atoms. The molecule has 0 spiro atoms. The fraction of sp³-hybridized carbons (Fsp3) is 0.483. The third kappa shape index (κ3) is 5.45. The van der Waals surface area contributed by atoms with E-state index in [4.69, 9.17) is 0 Å². The maximum Gasteiger partial charge on any atom is 0.247 e. The Bertz CT molecular complexity index is 1110. The number of amides is 3. The number of carbonyl (C=O) groups excluding carboxylic acids is 3. The van der Waals surface area contributed by atoms with Gasteiger partial charge in [0.15, 0.2) is 0 Å². The Kier molecular flexibility index (Phi) is 7.21. The number of carbonyl (C=O) groups is 3. The van der Waals surface area contributed by atoms with Crippen molar-refractivity contribution in [2.24, 2.45) is 11.8 Å². The van der Waals surface area contributed by atoms with Crippen LogP contribution < -0.4 is 10.6 Å². The van der Waals surface area contributed by atoms with E-state index in [0.29, 0.717) is 24.8 Å². The van der Waals surface area contributed by atoms with Gasteiger partial charge in [-0.25, -0.2) is 4.39 Å². The van der Waals surface area contributed by atoms with Crippen LogP contribution in [-0.4, -0.2) is 40.2 Å². The summed E-state index contributed by atoms with van der Waals surface area (Å²) in [7, 11) is 0. The van der Waals surface area contributed by atoms with E-state index in [2.05, 4.69) is 22.8 Å². The van der Waals surface area contributed by atoms with Gasteiger partial charge >= 0.3 is 0 Å². The Labute approximate surface area is 212 Å². The van der Waals surface area contributed by atoms with Crippen molar-refractivity contribution in [2.75, 3.05) is 0 Å². The van der Waals surface area contributed by atoms with Crippen molar-refractivity contribution in [1.29, 1.82) is 0 Å². The highest BCUT2D eigenvalue weighted by molar-refractivity contribution is 6.00. The molecule has 2 N–H and O–H groups in total. The highest BCUT2D eigenvalue weighted by Crippen LogP contribution is 2.35. The molecule has 0 saturated carbocycles. The molecule has 2 aliphatic rings. The molecule has 0 aromatic heterocycles. The number of piperazine rings is 1. The summed E-state index contributed by atoms with van der Waals surface area (Å²) >= 11 is 0. The van der Waals surface area contributed by atoms with Crippen LogP contribution in [0.3, 0.4) is 0 Å². The van der Waals surface area contributed by atoms with Crippen LogP contribution in [0.15, 0.2) is 48.5 Å². The van der Waals surface area contributed by atoms with Crippen LogP contribution in [0.25, 0.3) is 0 Å². The minimum absolute atomic E-state index is 0.0964. The van der Waals surface area contributed by atoms with E-state index in [1.807, 2.05) is 46.8 Å². The zero-order chi connectivity index (χ0) is 26.2. The number of nitrogens with one attached hydrogen (secondary N) is 2. The second-order valence-electron chi connectivity index (χ2n) is 11.5. The molecule has 1 saturated heterocycles. The summed E-state index contributed by atoms with van der Waals surface area (Å²) in [5.41, 5.74) is 2.28. The Morgan fingerprint density at radius 1 is 1.06 bits per heavy atom. The standard InChI is InChI=1S/C29H36FN3O3/c1-17(2)14-23-26(34)31-24(21-15-19-8-6-7-9-20(19)16-21)28(36)33(23)25(27(35)32-29(3,4)5)18-10-12-22(30)13-11-18/h6-13,17,21,23-25H,14-16H2,1-5H3,(H,31,34)(H,32,35). The fourth-order valence-electron chi connectivity index (χ4n) is 5.40. The number of hydrogen-bond acceptors (Lipinski definition) is 3. The third-order valence-electron chi connectivity index (χ3n) is 6.92. The van der Waals surface area contributed by atoms with Gasteiger partial charge < -0.3 is 15.5 Å². The van der Waals surface area contributed by atoms with E-state index in [0.717, 1.165) is 0 Å². The number of fused-ring (bicyclic) bond motifs is 1. The number of hydrogen-bond donors (Lipinski definition) is 2. The zero-order valence-electron chi connectivity index (χ0n) is 21.7. The summed E-state index contributed by atoms with van der Waals surface area (Å²) in [5.74, 6) is -1.32. The van der Waals surface area contributed by atoms with E-state index in [1.165, 1.54) is 40.3 Å². The molecule has 4 rings (SSSR count). The fourth-order valence-corrected chi connectivity index (χ4v) is 5.40. The summed E-state index contributed by atoms with van der Waals surface area (Å²) in [5, 5.41) is 5.99. The molecule has 192 valence electrons. The first-order valence-electron chi connectivity index (χ1n) is 12.7. The van der Waals surface area contributed by atoms with Crippen molar-refractivity contribution < 1.29 is 18.8 Å². The lowest BCUT2D eigenvalue weighted by Crippen LogP contribution is -2.67. The Morgan fingerprint density at radius 2 is 1.64 bits per heavy atom. The van der Waals surface area contributed by atoms with Crippen molar-refractivity contribution in [1.82, 2.24) is 15.5 Å². The van der Waals surface area contributed by atoms with Crippen molar-refractivity contribution >= 4 is 17.7 Å². The molecule has 2 aromatic carbocycles. The van der Waals surface area contributed by atoms with Crippen molar-refractivity contribution in [3.05, 3.63) is 71.0 Å². The molecule has 2 aromatic rings. The van der Waals surface area contributed by atoms with E-state index >= 15 is 0 Å². The molecule has 3 atom stereocenters. The first-order valence-corrected chi connectivity index (χ1v) is 12.7. The molecule has 3 unspecified atom stereocenters.